The smallest absolute Gasteiger partial charge is 0.308 e. The molecule has 0 spiro atoms. The number of nitrogens with one attached hydrogen (secondary N) is 1. The van der Waals surface area contributed by atoms with Gasteiger partial charge in [0.05, 0.1) is 23.5 Å². The van der Waals surface area contributed by atoms with Gasteiger partial charge in [0.15, 0.2) is 0 Å². The van der Waals surface area contributed by atoms with Gasteiger partial charge in [0.25, 0.3) is 11.5 Å². The van der Waals surface area contributed by atoms with Gasteiger partial charge in [-0.25, -0.2) is 4.98 Å². The van der Waals surface area contributed by atoms with Gasteiger partial charge in [-0.3, -0.25) is 28.5 Å². The van der Waals surface area contributed by atoms with E-state index in [-0.39, 0.29) is 36.2 Å². The molecule has 2 amide bonds. The minimum atomic E-state index is -0.915. The van der Waals surface area contributed by atoms with Gasteiger partial charge in [0, 0.05) is 25.8 Å². The van der Waals surface area contributed by atoms with E-state index in [1.807, 2.05) is 0 Å². The van der Waals surface area contributed by atoms with E-state index in [9.17, 15) is 19.2 Å². The van der Waals surface area contributed by atoms with Crippen LogP contribution in [0.15, 0.2) is 34.1 Å². The lowest BCUT2D eigenvalue weighted by Gasteiger charge is -2.36. The lowest BCUT2D eigenvalue weighted by Crippen LogP contribution is -2.57. The molecule has 2 aliphatic heterocycles. The van der Waals surface area contributed by atoms with Gasteiger partial charge in [-0.2, -0.15) is 0 Å². The summed E-state index contributed by atoms with van der Waals surface area (Å²) in [4.78, 5) is 60.2. The highest BCUT2D eigenvalue weighted by atomic mass is 32.2. The molecule has 0 aliphatic carbocycles. The first-order chi connectivity index (χ1) is 17.8. The summed E-state index contributed by atoms with van der Waals surface area (Å²) in [5.74, 6) is -0.908. The van der Waals surface area contributed by atoms with Crippen LogP contribution < -0.4 is 15.8 Å². The molecule has 0 aromatic carbocycles. The largest absolute Gasteiger partial charge is 0.466 e. The van der Waals surface area contributed by atoms with Gasteiger partial charge >= 0.3 is 5.97 Å². The first-order valence-electron chi connectivity index (χ1n) is 12.3. The fourth-order valence-corrected chi connectivity index (χ4v) is 5.62. The summed E-state index contributed by atoms with van der Waals surface area (Å²) in [6.07, 6.45) is 5.74. The molecule has 4 rings (SSSR count). The first kappa shape index (κ1) is 26.8. The minimum absolute atomic E-state index is 0.154. The molecule has 196 valence electrons. The van der Waals surface area contributed by atoms with E-state index in [1.54, 1.807) is 41.1 Å². The van der Waals surface area contributed by atoms with Crippen molar-refractivity contribution in [2.75, 3.05) is 31.1 Å². The zero-order valence-electron chi connectivity index (χ0n) is 20.8. The quantitative estimate of drug-likeness (QED) is 0.220. The van der Waals surface area contributed by atoms with Crippen molar-refractivity contribution in [3.05, 3.63) is 45.2 Å². The van der Waals surface area contributed by atoms with E-state index in [2.05, 4.69) is 12.2 Å². The minimum Gasteiger partial charge on any atom is -0.466 e. The number of ether oxygens (including phenoxy) is 1. The molecule has 0 radical (unpaired) electrons. The second-order valence-corrected chi connectivity index (χ2v) is 10.3. The van der Waals surface area contributed by atoms with Crippen LogP contribution in [0.4, 0.5) is 5.82 Å². The predicted molar refractivity (Wildman–Crippen MR) is 146 cm³/mol. The normalized spacial score (nSPS) is 19.1. The number of anilines is 1. The fourth-order valence-electron chi connectivity index (χ4n) is 4.33. The molecule has 2 aliphatic rings. The molecule has 1 atom stereocenters. The molecule has 4 heterocycles. The predicted octanol–water partition coefficient (Wildman–Crippen LogP) is 2.34. The van der Waals surface area contributed by atoms with Crippen LogP contribution in [0.25, 0.3) is 11.7 Å². The van der Waals surface area contributed by atoms with E-state index in [0.717, 1.165) is 31.0 Å². The van der Waals surface area contributed by atoms with Crippen LogP contribution in [0.2, 0.25) is 0 Å². The lowest BCUT2D eigenvalue weighted by molar-refractivity contribution is -0.145. The van der Waals surface area contributed by atoms with Crippen LogP contribution in [0.1, 0.15) is 45.1 Å². The maximum Gasteiger partial charge on any atom is 0.308 e. The number of fused-ring (bicyclic) bond motifs is 1. The topological polar surface area (TPSA) is 113 Å². The van der Waals surface area contributed by atoms with Crippen molar-refractivity contribution in [2.45, 2.75) is 45.6 Å². The number of carbonyl (C=O) groups excluding carboxylic acids is 3. The average molecular weight is 544 g/mol. The number of nitrogens with zero attached hydrogens (tertiary/aromatic N) is 4. The Balaban J connectivity index is 1.80. The Bertz CT molecular complexity index is 1320. The molecule has 0 bridgehead atoms. The monoisotopic (exact) mass is 543 g/mol. The van der Waals surface area contributed by atoms with E-state index in [4.69, 9.17) is 21.9 Å². The number of unbranched alkanes of at least 4 members (excludes halogenated alkanes) is 2. The third-order valence-electron chi connectivity index (χ3n) is 6.15. The number of hydrogen-bond acceptors (Lipinski definition) is 9. The van der Waals surface area contributed by atoms with E-state index < -0.39 is 17.6 Å². The number of hydrogen-bond donors (Lipinski definition) is 1. The van der Waals surface area contributed by atoms with Gasteiger partial charge in [-0.15, -0.1) is 0 Å². The number of aromatic nitrogens is 2. The fraction of sp³-hybridized carbons (Fsp3) is 0.440. The zero-order chi connectivity index (χ0) is 26.5. The number of pyridine rings is 1. The van der Waals surface area contributed by atoms with Gasteiger partial charge < -0.3 is 15.0 Å². The standard InChI is InChI=1S/C25H29N5O5S2/c1-3-5-7-12-30-24(34)18(37-25(30)36)14-16-21(27-19-9-6-8-11-29(19)23(16)33)28-13-10-26-22(32)17(28)15-20(31)35-4-2/h6,8-9,11,14,17H,3-5,7,10,12-13,15H2,1-2H3,(H,26,32)/b18-14-/t17-/m0/s1. The molecule has 2 saturated heterocycles. The van der Waals surface area contributed by atoms with Crippen LogP contribution in [0, 0.1) is 0 Å². The Hall–Kier alpha value is -3.25. The Morgan fingerprint density at radius 3 is 2.84 bits per heavy atom. The molecule has 1 N–H and O–H groups in total. The van der Waals surface area contributed by atoms with Crippen molar-refractivity contribution in [3.8, 4) is 0 Å². The molecular weight excluding hydrogens is 514 g/mol. The highest BCUT2D eigenvalue weighted by Crippen LogP contribution is 2.34. The number of amides is 2. The number of piperazine rings is 1. The maximum absolute atomic E-state index is 13.7. The Morgan fingerprint density at radius 1 is 1.27 bits per heavy atom. The third-order valence-corrected chi connectivity index (χ3v) is 7.53. The number of rotatable bonds is 9. The van der Waals surface area contributed by atoms with Gasteiger partial charge in [0.1, 0.15) is 21.8 Å². The van der Waals surface area contributed by atoms with E-state index in [0.29, 0.717) is 34.5 Å². The first-order valence-corrected chi connectivity index (χ1v) is 13.5. The summed E-state index contributed by atoms with van der Waals surface area (Å²) >= 11 is 6.59. The molecule has 10 nitrogen and oxygen atoms in total. The Kier molecular flexibility index (Phi) is 8.59. The van der Waals surface area contributed by atoms with Crippen molar-refractivity contribution < 1.29 is 19.1 Å². The van der Waals surface area contributed by atoms with Gasteiger partial charge in [-0.1, -0.05) is 49.8 Å². The lowest BCUT2D eigenvalue weighted by atomic mass is 10.1. The molecule has 0 unspecified atom stereocenters. The van der Waals surface area contributed by atoms with Gasteiger partial charge in [0.2, 0.25) is 5.91 Å². The highest BCUT2D eigenvalue weighted by Gasteiger charge is 2.36. The zero-order valence-corrected chi connectivity index (χ0v) is 22.4. The molecule has 0 saturated carbocycles. The van der Waals surface area contributed by atoms with E-state index >= 15 is 0 Å². The van der Waals surface area contributed by atoms with Crippen molar-refractivity contribution in [2.24, 2.45) is 0 Å². The average Bonchev–Trinajstić information content (AvgIpc) is 3.14. The number of thioether (sulfide) groups is 1. The summed E-state index contributed by atoms with van der Waals surface area (Å²) in [5.41, 5.74) is 0.145. The van der Waals surface area contributed by atoms with Crippen LogP contribution >= 0.6 is 24.0 Å². The van der Waals surface area contributed by atoms with Crippen LogP contribution in [0.3, 0.4) is 0 Å². The van der Waals surface area contributed by atoms with Crippen LogP contribution in [-0.2, 0) is 19.1 Å². The third kappa shape index (κ3) is 5.69. The van der Waals surface area contributed by atoms with E-state index in [1.165, 1.54) is 10.5 Å². The number of carbonyl (C=O) groups is 3. The summed E-state index contributed by atoms with van der Waals surface area (Å²) in [6, 6.07) is 4.24. The summed E-state index contributed by atoms with van der Waals surface area (Å²) < 4.78 is 6.91. The maximum atomic E-state index is 13.7. The van der Waals surface area contributed by atoms with Crippen molar-refractivity contribution in [1.82, 2.24) is 19.6 Å². The molecule has 2 aromatic heterocycles. The molecule has 37 heavy (non-hydrogen) atoms. The number of esters is 1. The molecule has 2 fully saturated rings. The molecule has 2 aromatic rings. The summed E-state index contributed by atoms with van der Waals surface area (Å²) in [5, 5.41) is 2.77. The Labute approximate surface area is 224 Å². The van der Waals surface area contributed by atoms with Crippen molar-refractivity contribution in [1.29, 1.82) is 0 Å². The molecular formula is C25H29N5O5S2. The van der Waals surface area contributed by atoms with Gasteiger partial charge in [-0.05, 0) is 31.6 Å². The highest BCUT2D eigenvalue weighted by molar-refractivity contribution is 8.26. The number of thiocarbonyl (C=S) groups is 1. The second-order valence-electron chi connectivity index (χ2n) is 8.63. The molecule has 12 heteroatoms. The van der Waals surface area contributed by atoms with Crippen LogP contribution in [0.5, 0.6) is 0 Å². The summed E-state index contributed by atoms with van der Waals surface area (Å²) in [7, 11) is 0. The van der Waals surface area contributed by atoms with Crippen LogP contribution in [-0.4, -0.2) is 68.7 Å². The summed E-state index contributed by atoms with van der Waals surface area (Å²) in [6.45, 7) is 5.12. The SMILES string of the molecule is CCCCCN1C(=O)/C(=C/c2c(N3CCNC(=O)[C@@H]3CC(=O)OCC)nc3ccccn3c2=O)SC1=S. The van der Waals surface area contributed by atoms with Crippen molar-refractivity contribution >= 4 is 63.6 Å². The Morgan fingerprint density at radius 2 is 2.08 bits per heavy atom. The second kappa shape index (κ2) is 11.9. The van der Waals surface area contributed by atoms with Crippen molar-refractivity contribution in [3.63, 3.8) is 0 Å².